The van der Waals surface area contributed by atoms with Crippen LogP contribution in [-0.2, 0) is 19.1 Å². The lowest BCUT2D eigenvalue weighted by Gasteiger charge is -2.15. The van der Waals surface area contributed by atoms with E-state index in [1.165, 1.54) is 116 Å². The second kappa shape index (κ2) is 42.8. The van der Waals surface area contributed by atoms with Gasteiger partial charge in [-0.2, -0.15) is 0 Å². The summed E-state index contributed by atoms with van der Waals surface area (Å²) >= 11 is 0. The van der Waals surface area contributed by atoms with Crippen LogP contribution in [0.5, 0.6) is 0 Å². The van der Waals surface area contributed by atoms with Crippen molar-refractivity contribution in [3.05, 3.63) is 72.9 Å². The number of hydrogen-bond donors (Lipinski definition) is 1. The number of carbonyl (C=O) groups is 2. The summed E-state index contributed by atoms with van der Waals surface area (Å²) in [7, 11) is 0. The molecule has 0 fully saturated rings. The quantitative estimate of drug-likeness (QED) is 0.0390. The minimum Gasteiger partial charge on any atom is -0.462 e. The topological polar surface area (TPSA) is 72.8 Å². The number of rotatable bonds is 38. The normalized spacial score (nSPS) is 12.9. The van der Waals surface area contributed by atoms with Gasteiger partial charge >= 0.3 is 11.9 Å². The lowest BCUT2D eigenvalue weighted by molar-refractivity contribution is -0.161. The number of unbranched alkanes of at least 4 members (excludes halogenated alkanes) is 18. The van der Waals surface area contributed by atoms with Crippen molar-refractivity contribution in [2.75, 3.05) is 13.2 Å². The second-order valence-corrected chi connectivity index (χ2v) is 14.1. The molecule has 5 heteroatoms. The van der Waals surface area contributed by atoms with Crippen LogP contribution >= 0.6 is 0 Å². The van der Waals surface area contributed by atoms with E-state index in [0.29, 0.717) is 12.8 Å². The molecule has 0 aliphatic heterocycles. The van der Waals surface area contributed by atoms with Crippen molar-refractivity contribution in [1.29, 1.82) is 0 Å². The Morgan fingerprint density at radius 2 is 0.808 bits per heavy atom. The molecule has 0 aromatic carbocycles. The van der Waals surface area contributed by atoms with Crippen LogP contribution in [0.25, 0.3) is 0 Å². The number of esters is 2. The Kier molecular flexibility index (Phi) is 40.6. The average molecular weight is 725 g/mol. The van der Waals surface area contributed by atoms with E-state index in [1.54, 1.807) is 0 Å². The first-order valence-corrected chi connectivity index (χ1v) is 21.5. The Labute approximate surface area is 321 Å². The molecule has 0 rings (SSSR count). The van der Waals surface area contributed by atoms with Crippen LogP contribution in [0.15, 0.2) is 72.9 Å². The number of carbonyl (C=O) groups excluding carboxylic acids is 2. The Morgan fingerprint density at radius 3 is 1.29 bits per heavy atom. The SMILES string of the molecule is CCCCCC=CCC=CCC=CCC=CCC=CCCC(=O)OC(CO)COC(=O)CCCCCCCCCCCC=CCCCCCCCC. The smallest absolute Gasteiger partial charge is 0.306 e. The average Bonchev–Trinajstić information content (AvgIpc) is 3.15. The Morgan fingerprint density at radius 1 is 0.442 bits per heavy atom. The Balaban J connectivity index is 3.67. The number of ether oxygens (including phenoxy) is 2. The molecular weight excluding hydrogens is 645 g/mol. The molecule has 1 unspecified atom stereocenters. The lowest BCUT2D eigenvalue weighted by Crippen LogP contribution is -2.28. The highest BCUT2D eigenvalue weighted by atomic mass is 16.6. The van der Waals surface area contributed by atoms with Crippen LogP contribution in [0.2, 0.25) is 0 Å². The Bertz CT molecular complexity index is 957. The van der Waals surface area contributed by atoms with Gasteiger partial charge < -0.3 is 14.6 Å². The molecular formula is C47H80O5. The van der Waals surface area contributed by atoms with Crippen LogP contribution < -0.4 is 0 Å². The van der Waals surface area contributed by atoms with Crippen LogP contribution in [0.3, 0.4) is 0 Å². The maximum atomic E-state index is 12.2. The van der Waals surface area contributed by atoms with Gasteiger partial charge in [0.2, 0.25) is 0 Å². The fraction of sp³-hybridized carbons (Fsp3) is 0.702. The van der Waals surface area contributed by atoms with Gasteiger partial charge in [0, 0.05) is 12.8 Å². The largest absolute Gasteiger partial charge is 0.462 e. The van der Waals surface area contributed by atoms with Crippen LogP contribution in [0.1, 0.15) is 194 Å². The standard InChI is InChI=1S/C47H80O5/c1-3-5-7-9-11-13-15-17-19-21-23-25-27-29-31-33-35-37-39-41-46(49)51-44-45(43-48)52-47(50)42-40-38-36-34-32-30-28-26-24-22-20-18-16-14-12-10-8-6-4-2/h12,14,17-20,24,26,30,32,36,38,45,48H,3-11,13,15-16,21-23,25,27-29,31,33-35,37,39-44H2,1-2H3. The third kappa shape index (κ3) is 40.1. The molecule has 0 spiro atoms. The summed E-state index contributed by atoms with van der Waals surface area (Å²) in [6.07, 6.45) is 56.9. The summed E-state index contributed by atoms with van der Waals surface area (Å²) in [6.45, 7) is 4.04. The van der Waals surface area contributed by atoms with E-state index < -0.39 is 12.1 Å². The fourth-order valence-electron chi connectivity index (χ4n) is 5.71. The van der Waals surface area contributed by atoms with Crippen LogP contribution in [0.4, 0.5) is 0 Å². The molecule has 0 aromatic heterocycles. The molecule has 298 valence electrons. The van der Waals surface area contributed by atoms with Crippen LogP contribution in [-0.4, -0.2) is 36.4 Å². The maximum Gasteiger partial charge on any atom is 0.306 e. The van der Waals surface area contributed by atoms with Crippen LogP contribution in [0, 0.1) is 0 Å². The van der Waals surface area contributed by atoms with E-state index in [4.69, 9.17) is 9.47 Å². The fourth-order valence-corrected chi connectivity index (χ4v) is 5.71. The molecule has 52 heavy (non-hydrogen) atoms. The second-order valence-electron chi connectivity index (χ2n) is 14.1. The van der Waals surface area contributed by atoms with Gasteiger partial charge in [0.05, 0.1) is 6.61 Å². The van der Waals surface area contributed by atoms with E-state index in [1.807, 2.05) is 12.2 Å². The zero-order valence-electron chi connectivity index (χ0n) is 33.8. The van der Waals surface area contributed by atoms with Crippen molar-refractivity contribution < 1.29 is 24.2 Å². The molecule has 0 amide bonds. The highest BCUT2D eigenvalue weighted by Gasteiger charge is 2.15. The van der Waals surface area contributed by atoms with E-state index in [2.05, 4.69) is 74.6 Å². The van der Waals surface area contributed by atoms with Gasteiger partial charge in [0.1, 0.15) is 6.61 Å². The van der Waals surface area contributed by atoms with Crippen molar-refractivity contribution in [2.24, 2.45) is 0 Å². The molecule has 0 saturated heterocycles. The summed E-state index contributed by atoms with van der Waals surface area (Å²) in [5, 5.41) is 9.56. The number of aliphatic hydroxyl groups excluding tert-OH is 1. The highest BCUT2D eigenvalue weighted by Crippen LogP contribution is 2.13. The zero-order valence-corrected chi connectivity index (χ0v) is 33.8. The monoisotopic (exact) mass is 725 g/mol. The van der Waals surface area contributed by atoms with Gasteiger partial charge in [0.25, 0.3) is 0 Å². The van der Waals surface area contributed by atoms with Crippen molar-refractivity contribution >= 4 is 11.9 Å². The molecule has 0 bridgehead atoms. The number of hydrogen-bond acceptors (Lipinski definition) is 5. The van der Waals surface area contributed by atoms with E-state index in [0.717, 1.165) is 44.9 Å². The summed E-state index contributed by atoms with van der Waals surface area (Å²) in [4.78, 5) is 24.3. The molecule has 0 aromatic rings. The molecule has 0 saturated carbocycles. The molecule has 0 aliphatic carbocycles. The van der Waals surface area contributed by atoms with Gasteiger partial charge in [-0.05, 0) is 77.0 Å². The third-order valence-electron chi connectivity index (χ3n) is 8.99. The molecule has 0 radical (unpaired) electrons. The minimum atomic E-state index is -0.815. The van der Waals surface area contributed by atoms with Crippen molar-refractivity contribution in [2.45, 2.75) is 200 Å². The van der Waals surface area contributed by atoms with Crippen molar-refractivity contribution in [3.8, 4) is 0 Å². The van der Waals surface area contributed by atoms with Gasteiger partial charge in [-0.3, -0.25) is 9.59 Å². The predicted molar refractivity (Wildman–Crippen MR) is 223 cm³/mol. The highest BCUT2D eigenvalue weighted by molar-refractivity contribution is 5.70. The first-order chi connectivity index (χ1) is 25.6. The number of aliphatic hydroxyl groups is 1. The first kappa shape index (κ1) is 49.3. The summed E-state index contributed by atoms with van der Waals surface area (Å²) in [5.74, 6) is -0.691. The van der Waals surface area contributed by atoms with Gasteiger partial charge in [-0.15, -0.1) is 0 Å². The molecule has 0 heterocycles. The third-order valence-corrected chi connectivity index (χ3v) is 8.99. The molecule has 0 aliphatic rings. The lowest BCUT2D eigenvalue weighted by atomic mass is 10.1. The summed E-state index contributed by atoms with van der Waals surface area (Å²) < 4.78 is 10.6. The van der Waals surface area contributed by atoms with Gasteiger partial charge in [-0.25, -0.2) is 0 Å². The first-order valence-electron chi connectivity index (χ1n) is 21.5. The maximum absolute atomic E-state index is 12.2. The van der Waals surface area contributed by atoms with E-state index in [-0.39, 0.29) is 25.6 Å². The van der Waals surface area contributed by atoms with E-state index >= 15 is 0 Å². The van der Waals surface area contributed by atoms with Crippen molar-refractivity contribution in [3.63, 3.8) is 0 Å². The van der Waals surface area contributed by atoms with Gasteiger partial charge in [-0.1, -0.05) is 177 Å². The zero-order chi connectivity index (χ0) is 37.8. The summed E-state index contributed by atoms with van der Waals surface area (Å²) in [5.41, 5.74) is 0. The molecule has 1 atom stereocenters. The molecule has 5 nitrogen and oxygen atoms in total. The van der Waals surface area contributed by atoms with Gasteiger partial charge in [0.15, 0.2) is 6.10 Å². The minimum absolute atomic E-state index is 0.0993. The van der Waals surface area contributed by atoms with E-state index in [9.17, 15) is 14.7 Å². The Hall–Kier alpha value is -2.66. The summed E-state index contributed by atoms with van der Waals surface area (Å²) in [6, 6.07) is 0. The number of allylic oxidation sites excluding steroid dienone is 12. The molecule has 1 N–H and O–H groups in total. The van der Waals surface area contributed by atoms with Crippen molar-refractivity contribution in [1.82, 2.24) is 0 Å². The predicted octanol–water partition coefficient (Wildman–Crippen LogP) is 13.7.